The molecule has 96 valence electrons. The van der Waals surface area contributed by atoms with Crippen LogP contribution in [0.15, 0.2) is 4.52 Å². The molecule has 1 aliphatic heterocycles. The van der Waals surface area contributed by atoms with Gasteiger partial charge >= 0.3 is 0 Å². The molecule has 1 aliphatic rings. The van der Waals surface area contributed by atoms with Crippen molar-refractivity contribution in [2.24, 2.45) is 0 Å². The fourth-order valence-electron chi connectivity index (χ4n) is 1.86. The van der Waals surface area contributed by atoms with Crippen molar-refractivity contribution >= 4 is 5.95 Å². The van der Waals surface area contributed by atoms with Crippen LogP contribution in [-0.2, 0) is 6.54 Å². The summed E-state index contributed by atoms with van der Waals surface area (Å²) in [6.07, 6.45) is 1.18. The molecule has 1 saturated heterocycles. The highest BCUT2D eigenvalue weighted by Crippen LogP contribution is 2.09. The molecular weight excluding hydrogens is 218 g/mol. The van der Waals surface area contributed by atoms with Crippen LogP contribution in [0.3, 0.4) is 0 Å². The number of anilines is 1. The molecule has 0 saturated carbocycles. The average Bonchev–Trinajstić information content (AvgIpc) is 2.65. The van der Waals surface area contributed by atoms with Crippen LogP contribution in [-0.4, -0.2) is 54.8 Å². The standard InChI is InChI=1S/C11H21N5O/c1-3-15(2)11-13-10(17-14-11)9-16-7-4-5-12-6-8-16/h12H,3-9H2,1-2H3. The first kappa shape index (κ1) is 12.3. The molecule has 0 unspecified atom stereocenters. The second-order valence-electron chi connectivity index (χ2n) is 4.38. The van der Waals surface area contributed by atoms with Gasteiger partial charge in [0.15, 0.2) is 0 Å². The highest BCUT2D eigenvalue weighted by atomic mass is 16.5. The molecule has 6 heteroatoms. The Balaban J connectivity index is 1.91. The van der Waals surface area contributed by atoms with E-state index in [-0.39, 0.29) is 0 Å². The second kappa shape index (κ2) is 5.97. The van der Waals surface area contributed by atoms with Gasteiger partial charge in [-0.2, -0.15) is 4.98 Å². The third-order valence-corrected chi connectivity index (χ3v) is 3.06. The third kappa shape index (κ3) is 3.41. The molecule has 1 N–H and O–H groups in total. The molecular formula is C11H21N5O. The Bertz CT molecular complexity index is 332. The molecule has 0 spiro atoms. The maximum Gasteiger partial charge on any atom is 0.265 e. The van der Waals surface area contributed by atoms with Gasteiger partial charge in [0.05, 0.1) is 6.54 Å². The highest BCUT2D eigenvalue weighted by molar-refractivity contribution is 5.24. The minimum Gasteiger partial charge on any atom is -0.342 e. The molecule has 1 fully saturated rings. The van der Waals surface area contributed by atoms with E-state index in [1.54, 1.807) is 0 Å². The number of nitrogens with one attached hydrogen (secondary N) is 1. The van der Waals surface area contributed by atoms with E-state index in [0.29, 0.717) is 11.8 Å². The number of rotatable bonds is 4. The van der Waals surface area contributed by atoms with E-state index in [2.05, 4.69) is 27.3 Å². The first-order chi connectivity index (χ1) is 8.29. The van der Waals surface area contributed by atoms with Gasteiger partial charge in [-0.15, -0.1) is 0 Å². The van der Waals surface area contributed by atoms with E-state index in [1.165, 1.54) is 6.42 Å². The quantitative estimate of drug-likeness (QED) is 0.816. The van der Waals surface area contributed by atoms with Crippen LogP contribution in [0.2, 0.25) is 0 Å². The second-order valence-corrected chi connectivity index (χ2v) is 4.38. The molecule has 0 amide bonds. The van der Waals surface area contributed by atoms with E-state index < -0.39 is 0 Å². The summed E-state index contributed by atoms with van der Waals surface area (Å²) in [4.78, 5) is 8.71. The molecule has 1 aromatic heterocycles. The van der Waals surface area contributed by atoms with E-state index in [4.69, 9.17) is 4.52 Å². The Kier molecular flexibility index (Phi) is 4.33. The summed E-state index contributed by atoms with van der Waals surface area (Å²) in [7, 11) is 1.96. The summed E-state index contributed by atoms with van der Waals surface area (Å²) < 4.78 is 5.27. The number of aromatic nitrogens is 2. The third-order valence-electron chi connectivity index (χ3n) is 3.06. The Labute approximate surface area is 102 Å². The summed E-state index contributed by atoms with van der Waals surface area (Å²) in [6.45, 7) is 7.98. The highest BCUT2D eigenvalue weighted by Gasteiger charge is 2.14. The first-order valence-corrected chi connectivity index (χ1v) is 6.26. The van der Waals surface area contributed by atoms with Gasteiger partial charge in [-0.25, -0.2) is 0 Å². The summed E-state index contributed by atoms with van der Waals surface area (Å²) in [5.41, 5.74) is 0. The van der Waals surface area contributed by atoms with Crippen molar-refractivity contribution in [3.8, 4) is 0 Å². The lowest BCUT2D eigenvalue weighted by Crippen LogP contribution is -2.27. The van der Waals surface area contributed by atoms with Gasteiger partial charge in [0.2, 0.25) is 5.89 Å². The van der Waals surface area contributed by atoms with E-state index in [0.717, 1.165) is 39.3 Å². The molecule has 0 aliphatic carbocycles. The Morgan fingerprint density at radius 2 is 2.29 bits per heavy atom. The van der Waals surface area contributed by atoms with Gasteiger partial charge in [-0.3, -0.25) is 4.90 Å². The van der Waals surface area contributed by atoms with E-state index in [9.17, 15) is 0 Å². The normalized spacial score (nSPS) is 18.0. The lowest BCUT2D eigenvalue weighted by Gasteiger charge is -2.16. The van der Waals surface area contributed by atoms with Crippen molar-refractivity contribution in [1.29, 1.82) is 0 Å². The van der Waals surface area contributed by atoms with Crippen molar-refractivity contribution < 1.29 is 4.52 Å². The van der Waals surface area contributed by atoms with Gasteiger partial charge in [0.25, 0.3) is 5.95 Å². The van der Waals surface area contributed by atoms with Crippen molar-refractivity contribution in [1.82, 2.24) is 20.4 Å². The molecule has 6 nitrogen and oxygen atoms in total. The van der Waals surface area contributed by atoms with E-state index >= 15 is 0 Å². The maximum absolute atomic E-state index is 5.27. The maximum atomic E-state index is 5.27. The molecule has 0 aromatic carbocycles. The minimum atomic E-state index is 0.676. The number of hydrogen-bond donors (Lipinski definition) is 1. The Hall–Kier alpha value is -1.14. The predicted octanol–water partition coefficient (Wildman–Crippen LogP) is 0.321. The van der Waals surface area contributed by atoms with Crippen LogP contribution in [0.5, 0.6) is 0 Å². The van der Waals surface area contributed by atoms with Crippen LogP contribution < -0.4 is 10.2 Å². The fourth-order valence-corrected chi connectivity index (χ4v) is 1.86. The number of nitrogens with zero attached hydrogens (tertiary/aromatic N) is 4. The van der Waals surface area contributed by atoms with Gasteiger partial charge < -0.3 is 14.7 Å². The van der Waals surface area contributed by atoms with Gasteiger partial charge in [-0.1, -0.05) is 0 Å². The minimum absolute atomic E-state index is 0.676. The van der Waals surface area contributed by atoms with Crippen molar-refractivity contribution in [3.05, 3.63) is 5.89 Å². The van der Waals surface area contributed by atoms with Crippen LogP contribution >= 0.6 is 0 Å². The SMILES string of the molecule is CCN(C)c1noc(CN2CCCNCC2)n1. The lowest BCUT2D eigenvalue weighted by atomic mass is 10.4. The molecule has 2 rings (SSSR count). The average molecular weight is 239 g/mol. The largest absolute Gasteiger partial charge is 0.342 e. The lowest BCUT2D eigenvalue weighted by molar-refractivity contribution is 0.239. The zero-order valence-electron chi connectivity index (χ0n) is 10.6. The van der Waals surface area contributed by atoms with Gasteiger partial charge in [-0.05, 0) is 31.6 Å². The molecule has 0 bridgehead atoms. The summed E-state index contributed by atoms with van der Waals surface area (Å²) in [5, 5.41) is 7.35. The van der Waals surface area contributed by atoms with Crippen LogP contribution in [0, 0.1) is 0 Å². The Morgan fingerprint density at radius 3 is 3.12 bits per heavy atom. The topological polar surface area (TPSA) is 57.4 Å². The molecule has 2 heterocycles. The van der Waals surface area contributed by atoms with Crippen LogP contribution in [0.4, 0.5) is 5.95 Å². The monoisotopic (exact) mass is 239 g/mol. The van der Waals surface area contributed by atoms with Crippen LogP contribution in [0.25, 0.3) is 0 Å². The zero-order valence-corrected chi connectivity index (χ0v) is 10.6. The molecule has 0 atom stereocenters. The number of hydrogen-bond acceptors (Lipinski definition) is 6. The molecule has 1 aromatic rings. The van der Waals surface area contributed by atoms with Crippen LogP contribution in [0.1, 0.15) is 19.2 Å². The van der Waals surface area contributed by atoms with Crippen molar-refractivity contribution in [3.63, 3.8) is 0 Å². The first-order valence-electron chi connectivity index (χ1n) is 6.26. The van der Waals surface area contributed by atoms with Gasteiger partial charge in [0, 0.05) is 26.7 Å². The van der Waals surface area contributed by atoms with E-state index in [1.807, 2.05) is 11.9 Å². The summed E-state index contributed by atoms with van der Waals surface area (Å²) in [5.74, 6) is 1.39. The smallest absolute Gasteiger partial charge is 0.265 e. The Morgan fingerprint density at radius 1 is 1.41 bits per heavy atom. The van der Waals surface area contributed by atoms with Crippen molar-refractivity contribution in [2.75, 3.05) is 44.7 Å². The summed E-state index contributed by atoms with van der Waals surface area (Å²) >= 11 is 0. The molecule has 0 radical (unpaired) electrons. The molecule has 17 heavy (non-hydrogen) atoms. The fraction of sp³-hybridized carbons (Fsp3) is 0.818. The van der Waals surface area contributed by atoms with Crippen molar-refractivity contribution in [2.45, 2.75) is 19.9 Å². The summed E-state index contributed by atoms with van der Waals surface area (Å²) in [6, 6.07) is 0. The van der Waals surface area contributed by atoms with Gasteiger partial charge in [0.1, 0.15) is 0 Å². The predicted molar refractivity (Wildman–Crippen MR) is 66.0 cm³/mol. The zero-order chi connectivity index (χ0) is 12.1.